The Balaban J connectivity index is 1.56. The van der Waals surface area contributed by atoms with Crippen molar-refractivity contribution in [3.63, 3.8) is 0 Å². The lowest BCUT2D eigenvalue weighted by Crippen LogP contribution is -2.47. The van der Waals surface area contributed by atoms with E-state index in [4.69, 9.17) is 4.98 Å². The van der Waals surface area contributed by atoms with Crippen molar-refractivity contribution in [1.29, 1.82) is 0 Å². The molecule has 0 spiro atoms. The molecule has 1 N–H and O–H groups in total. The van der Waals surface area contributed by atoms with Gasteiger partial charge in [-0.1, -0.05) is 6.07 Å². The molecule has 1 aliphatic heterocycles. The molecule has 128 valence electrons. The molecule has 0 aliphatic carbocycles. The molecular formula is C18H24N4OS. The van der Waals surface area contributed by atoms with Gasteiger partial charge in [-0.2, -0.15) is 0 Å². The number of rotatable bonds is 4. The third kappa shape index (κ3) is 4.13. The van der Waals surface area contributed by atoms with Crippen molar-refractivity contribution >= 4 is 28.1 Å². The standard InChI is InChI=1S/C18H24N4OS/c1-13-4-5-16(10-14(13)2)19-18-20-17(12-24-18)11-21-6-8-22(9-7-21)15(3)23/h4-5,10,12H,6-9,11H2,1-3H3,(H,19,20). The molecule has 1 fully saturated rings. The molecule has 1 aliphatic rings. The van der Waals surface area contributed by atoms with E-state index in [2.05, 4.69) is 47.6 Å². The van der Waals surface area contributed by atoms with Crippen LogP contribution in [-0.4, -0.2) is 46.9 Å². The van der Waals surface area contributed by atoms with Crippen LogP contribution in [0.25, 0.3) is 0 Å². The van der Waals surface area contributed by atoms with Crippen LogP contribution in [0.1, 0.15) is 23.7 Å². The minimum atomic E-state index is 0.170. The van der Waals surface area contributed by atoms with Crippen LogP contribution in [0.15, 0.2) is 23.6 Å². The number of carbonyl (C=O) groups is 1. The first-order valence-electron chi connectivity index (χ1n) is 8.28. The van der Waals surface area contributed by atoms with Gasteiger partial charge in [-0.25, -0.2) is 4.98 Å². The van der Waals surface area contributed by atoms with Gasteiger partial charge in [-0.3, -0.25) is 9.69 Å². The van der Waals surface area contributed by atoms with E-state index in [-0.39, 0.29) is 5.91 Å². The normalized spacial score (nSPS) is 15.5. The summed E-state index contributed by atoms with van der Waals surface area (Å²) >= 11 is 1.64. The summed E-state index contributed by atoms with van der Waals surface area (Å²) in [6, 6.07) is 6.36. The average Bonchev–Trinajstić information content (AvgIpc) is 2.98. The first-order chi connectivity index (χ1) is 11.5. The highest BCUT2D eigenvalue weighted by Crippen LogP contribution is 2.23. The fourth-order valence-electron chi connectivity index (χ4n) is 2.83. The molecule has 6 heteroatoms. The highest BCUT2D eigenvalue weighted by atomic mass is 32.1. The highest BCUT2D eigenvalue weighted by molar-refractivity contribution is 7.13. The summed E-state index contributed by atoms with van der Waals surface area (Å²) in [6.07, 6.45) is 0. The summed E-state index contributed by atoms with van der Waals surface area (Å²) in [5, 5.41) is 6.43. The van der Waals surface area contributed by atoms with Gasteiger partial charge in [-0.05, 0) is 37.1 Å². The maximum Gasteiger partial charge on any atom is 0.219 e. The molecule has 1 aromatic heterocycles. The van der Waals surface area contributed by atoms with Gasteiger partial charge >= 0.3 is 0 Å². The fourth-order valence-corrected chi connectivity index (χ4v) is 3.55. The third-order valence-corrected chi connectivity index (χ3v) is 5.32. The number of piperazine rings is 1. The summed E-state index contributed by atoms with van der Waals surface area (Å²) in [6.45, 7) is 10.2. The van der Waals surface area contributed by atoms with Crippen molar-refractivity contribution in [3.05, 3.63) is 40.4 Å². The van der Waals surface area contributed by atoms with Crippen LogP contribution in [0.4, 0.5) is 10.8 Å². The van der Waals surface area contributed by atoms with E-state index >= 15 is 0 Å². The summed E-state index contributed by atoms with van der Waals surface area (Å²) in [5.74, 6) is 0.170. The van der Waals surface area contributed by atoms with E-state index in [1.165, 1.54) is 11.1 Å². The highest BCUT2D eigenvalue weighted by Gasteiger charge is 2.19. The Hall–Kier alpha value is -1.92. The minimum Gasteiger partial charge on any atom is -0.340 e. The molecule has 0 bridgehead atoms. The van der Waals surface area contributed by atoms with Gasteiger partial charge in [0.1, 0.15) is 0 Å². The lowest BCUT2D eigenvalue weighted by molar-refractivity contribution is -0.130. The zero-order valence-electron chi connectivity index (χ0n) is 14.5. The average molecular weight is 344 g/mol. The number of amides is 1. The smallest absolute Gasteiger partial charge is 0.219 e. The van der Waals surface area contributed by atoms with Gasteiger partial charge < -0.3 is 10.2 Å². The van der Waals surface area contributed by atoms with E-state index in [1.807, 2.05) is 4.90 Å². The first kappa shape index (κ1) is 16.9. The zero-order chi connectivity index (χ0) is 17.1. The summed E-state index contributed by atoms with van der Waals surface area (Å²) < 4.78 is 0. The number of aromatic nitrogens is 1. The molecule has 2 aromatic rings. The molecule has 0 unspecified atom stereocenters. The Morgan fingerprint density at radius 3 is 2.62 bits per heavy atom. The first-order valence-corrected chi connectivity index (χ1v) is 9.16. The van der Waals surface area contributed by atoms with Crippen LogP contribution in [0.5, 0.6) is 0 Å². The number of aryl methyl sites for hydroxylation is 2. The van der Waals surface area contributed by atoms with Crippen molar-refractivity contribution in [1.82, 2.24) is 14.8 Å². The monoisotopic (exact) mass is 344 g/mol. The van der Waals surface area contributed by atoms with Crippen LogP contribution in [0, 0.1) is 13.8 Å². The zero-order valence-corrected chi connectivity index (χ0v) is 15.3. The van der Waals surface area contributed by atoms with E-state index in [0.717, 1.165) is 49.2 Å². The number of hydrogen-bond donors (Lipinski definition) is 1. The van der Waals surface area contributed by atoms with Crippen LogP contribution in [-0.2, 0) is 11.3 Å². The Bertz CT molecular complexity index is 720. The number of thiazole rings is 1. The SMILES string of the molecule is CC(=O)N1CCN(Cc2csc(Nc3ccc(C)c(C)c3)n2)CC1. The molecule has 0 radical (unpaired) electrons. The number of carbonyl (C=O) groups excluding carboxylic acids is 1. The van der Waals surface area contributed by atoms with Gasteiger partial charge in [-0.15, -0.1) is 11.3 Å². The topological polar surface area (TPSA) is 48.5 Å². The predicted molar refractivity (Wildman–Crippen MR) is 98.8 cm³/mol. The third-order valence-electron chi connectivity index (χ3n) is 4.51. The van der Waals surface area contributed by atoms with Gasteiger partial charge in [0.25, 0.3) is 0 Å². The number of hydrogen-bond acceptors (Lipinski definition) is 5. The molecule has 0 saturated carbocycles. The Kier molecular flexibility index (Phi) is 5.16. The van der Waals surface area contributed by atoms with Crippen molar-refractivity contribution in [2.75, 3.05) is 31.5 Å². The van der Waals surface area contributed by atoms with Crippen molar-refractivity contribution in [2.24, 2.45) is 0 Å². The van der Waals surface area contributed by atoms with Crippen LogP contribution in [0.3, 0.4) is 0 Å². The van der Waals surface area contributed by atoms with Crippen LogP contribution in [0.2, 0.25) is 0 Å². The van der Waals surface area contributed by atoms with Gasteiger partial charge in [0.05, 0.1) is 5.69 Å². The molecule has 24 heavy (non-hydrogen) atoms. The molecule has 2 heterocycles. The second-order valence-electron chi connectivity index (χ2n) is 6.35. The molecule has 1 saturated heterocycles. The van der Waals surface area contributed by atoms with Crippen LogP contribution >= 0.6 is 11.3 Å². The largest absolute Gasteiger partial charge is 0.340 e. The summed E-state index contributed by atoms with van der Waals surface area (Å²) in [4.78, 5) is 20.3. The molecule has 3 rings (SSSR count). The van der Waals surface area contributed by atoms with Gasteiger partial charge in [0.15, 0.2) is 5.13 Å². The maximum atomic E-state index is 11.4. The van der Waals surface area contributed by atoms with E-state index < -0.39 is 0 Å². The van der Waals surface area contributed by atoms with Crippen molar-refractivity contribution in [2.45, 2.75) is 27.3 Å². The minimum absolute atomic E-state index is 0.170. The second-order valence-corrected chi connectivity index (χ2v) is 7.21. The van der Waals surface area contributed by atoms with E-state index in [9.17, 15) is 4.79 Å². The number of nitrogens with one attached hydrogen (secondary N) is 1. The molecule has 1 amide bonds. The number of nitrogens with zero attached hydrogens (tertiary/aromatic N) is 3. The Morgan fingerprint density at radius 2 is 1.96 bits per heavy atom. The lowest BCUT2D eigenvalue weighted by atomic mass is 10.1. The second kappa shape index (κ2) is 7.32. The van der Waals surface area contributed by atoms with E-state index in [0.29, 0.717) is 0 Å². The quantitative estimate of drug-likeness (QED) is 0.925. The predicted octanol–water partition coefficient (Wildman–Crippen LogP) is 3.17. The number of anilines is 2. The summed E-state index contributed by atoms with van der Waals surface area (Å²) in [7, 11) is 0. The van der Waals surface area contributed by atoms with Gasteiger partial charge in [0.2, 0.25) is 5.91 Å². The summed E-state index contributed by atoms with van der Waals surface area (Å²) in [5.41, 5.74) is 4.74. The van der Waals surface area contributed by atoms with Gasteiger partial charge in [0, 0.05) is 50.7 Å². The van der Waals surface area contributed by atoms with Crippen LogP contribution < -0.4 is 5.32 Å². The Morgan fingerprint density at radius 1 is 1.21 bits per heavy atom. The molecule has 0 atom stereocenters. The fraction of sp³-hybridized carbons (Fsp3) is 0.444. The Labute approximate surface area is 147 Å². The maximum absolute atomic E-state index is 11.4. The number of benzene rings is 1. The molecule has 5 nitrogen and oxygen atoms in total. The van der Waals surface area contributed by atoms with Crippen molar-refractivity contribution in [3.8, 4) is 0 Å². The molecular weight excluding hydrogens is 320 g/mol. The van der Waals surface area contributed by atoms with E-state index in [1.54, 1.807) is 18.3 Å². The lowest BCUT2D eigenvalue weighted by Gasteiger charge is -2.33. The molecule has 1 aromatic carbocycles. The van der Waals surface area contributed by atoms with Crippen molar-refractivity contribution < 1.29 is 4.79 Å².